The zero-order valence-corrected chi connectivity index (χ0v) is 24.8. The Labute approximate surface area is 222 Å². The molecule has 0 spiro atoms. The number of nitrogens with two attached hydrogens (primary N) is 1. The van der Waals surface area contributed by atoms with Crippen LogP contribution < -0.4 is 11.4 Å². The van der Waals surface area contributed by atoms with Crippen LogP contribution in [0.3, 0.4) is 0 Å². The van der Waals surface area contributed by atoms with Gasteiger partial charge in [0.25, 0.3) is 0 Å². The van der Waals surface area contributed by atoms with E-state index < -0.39 is 46.9 Å². The molecule has 206 valence electrons. The van der Waals surface area contributed by atoms with Gasteiger partial charge in [0.05, 0.1) is 6.61 Å². The lowest BCUT2D eigenvalue weighted by Crippen LogP contribution is -2.49. The topological polar surface area (TPSA) is 109 Å². The van der Waals surface area contributed by atoms with Crippen LogP contribution in [0.4, 0.5) is 5.82 Å². The molecule has 1 saturated heterocycles. The summed E-state index contributed by atoms with van der Waals surface area (Å²) in [6.07, 6.45) is 9.38. The van der Waals surface area contributed by atoms with Gasteiger partial charge < -0.3 is 24.4 Å². The Kier molecular flexibility index (Phi) is 6.76. The molecule has 4 aliphatic carbocycles. The lowest BCUT2D eigenvalue weighted by atomic mass is 10.0. The van der Waals surface area contributed by atoms with E-state index in [2.05, 4.69) is 31.2 Å². The van der Waals surface area contributed by atoms with Crippen molar-refractivity contribution in [3.05, 3.63) is 22.7 Å². The highest BCUT2D eigenvalue weighted by Crippen LogP contribution is 2.57. The minimum atomic E-state index is -2.19. The number of nitrogens with zero attached hydrogens (tertiary/aromatic N) is 2. The van der Waals surface area contributed by atoms with Crippen LogP contribution in [0.5, 0.6) is 0 Å². The zero-order chi connectivity index (χ0) is 26.1. The number of aliphatic hydroxyl groups is 1. The van der Waals surface area contributed by atoms with Gasteiger partial charge in [0.15, 0.2) is 22.9 Å². The Bertz CT molecular complexity index is 1070. The molecular weight excluding hydrogens is 502 g/mol. The first-order chi connectivity index (χ1) is 17.5. The number of nitrogen functional groups attached to an aromatic ring is 1. The Balaban J connectivity index is 1.21. The molecule has 0 amide bonds. The predicted molar refractivity (Wildman–Crippen MR) is 147 cm³/mol. The van der Waals surface area contributed by atoms with Crippen LogP contribution in [0.15, 0.2) is 17.1 Å². The van der Waals surface area contributed by atoms with Crippen LogP contribution in [-0.2, 0) is 13.6 Å². The van der Waals surface area contributed by atoms with Crippen LogP contribution in [0.2, 0.25) is 37.3 Å². The molecule has 4 bridgehead atoms. The SMILES string of the molecule is C[Si](C)(OCC1OC(n2ccc(N)nc2=O)C(O[Si](C)(C)C2CC3CCC2C3)C1O)C1CC2CCC1C2. The van der Waals surface area contributed by atoms with Gasteiger partial charge in [-0.25, -0.2) is 4.79 Å². The molecule has 5 fully saturated rings. The Morgan fingerprint density at radius 2 is 1.65 bits per heavy atom. The molecule has 4 saturated carbocycles. The third kappa shape index (κ3) is 4.80. The summed E-state index contributed by atoms with van der Waals surface area (Å²) in [4.78, 5) is 16.7. The number of aliphatic hydroxyl groups excluding tert-OH is 1. The fourth-order valence-electron chi connectivity index (χ4n) is 8.86. The van der Waals surface area contributed by atoms with Gasteiger partial charge >= 0.3 is 5.69 Å². The molecule has 10 heteroatoms. The van der Waals surface area contributed by atoms with Crippen LogP contribution in [-0.4, -0.2) is 56.2 Å². The van der Waals surface area contributed by atoms with Crippen LogP contribution in [0.1, 0.15) is 57.6 Å². The number of rotatable bonds is 8. The van der Waals surface area contributed by atoms with E-state index >= 15 is 0 Å². The maximum absolute atomic E-state index is 12.8. The quantitative estimate of drug-likeness (QED) is 0.468. The number of aromatic nitrogens is 2. The molecule has 5 aliphatic rings. The van der Waals surface area contributed by atoms with Crippen LogP contribution >= 0.6 is 0 Å². The molecule has 37 heavy (non-hydrogen) atoms. The van der Waals surface area contributed by atoms with E-state index in [-0.39, 0.29) is 5.82 Å². The van der Waals surface area contributed by atoms with Crippen molar-refractivity contribution < 1.29 is 18.7 Å². The summed E-state index contributed by atoms with van der Waals surface area (Å²) in [6.45, 7) is 9.54. The second-order valence-corrected chi connectivity index (χ2v) is 22.2. The molecule has 6 rings (SSSR count). The number of hydrogen-bond acceptors (Lipinski definition) is 7. The lowest BCUT2D eigenvalue weighted by molar-refractivity contribution is -0.0511. The second-order valence-electron chi connectivity index (χ2n) is 13.8. The van der Waals surface area contributed by atoms with Gasteiger partial charge in [0.1, 0.15) is 24.1 Å². The molecule has 10 atom stereocenters. The first-order valence-corrected chi connectivity index (χ1v) is 20.5. The maximum atomic E-state index is 12.8. The molecular formula is C27H45N3O5Si2. The first kappa shape index (κ1) is 26.2. The highest BCUT2D eigenvalue weighted by molar-refractivity contribution is 6.73. The minimum absolute atomic E-state index is 0.174. The van der Waals surface area contributed by atoms with E-state index in [0.29, 0.717) is 17.7 Å². The van der Waals surface area contributed by atoms with E-state index in [1.165, 1.54) is 55.9 Å². The summed E-state index contributed by atoms with van der Waals surface area (Å²) in [5.41, 5.74) is 6.54. The molecule has 1 aliphatic heterocycles. The van der Waals surface area contributed by atoms with Crippen molar-refractivity contribution in [1.82, 2.24) is 9.55 Å². The Hall–Kier alpha value is -1.05. The van der Waals surface area contributed by atoms with Gasteiger partial charge in [-0.1, -0.05) is 25.7 Å². The monoisotopic (exact) mass is 547 g/mol. The number of hydrogen-bond donors (Lipinski definition) is 2. The van der Waals surface area contributed by atoms with E-state index in [1.54, 1.807) is 12.3 Å². The molecule has 2 heterocycles. The van der Waals surface area contributed by atoms with Gasteiger partial charge in [-0.15, -0.1) is 0 Å². The largest absolute Gasteiger partial charge is 0.414 e. The van der Waals surface area contributed by atoms with Crippen molar-refractivity contribution in [2.45, 2.75) is 113 Å². The van der Waals surface area contributed by atoms with Crippen molar-refractivity contribution in [2.75, 3.05) is 12.3 Å². The highest BCUT2D eigenvalue weighted by atomic mass is 28.4. The fourth-order valence-corrected chi connectivity index (χ4v) is 15.5. The van der Waals surface area contributed by atoms with E-state index in [4.69, 9.17) is 19.3 Å². The van der Waals surface area contributed by atoms with Gasteiger partial charge in [0.2, 0.25) is 0 Å². The molecule has 3 N–H and O–H groups in total. The predicted octanol–water partition coefficient (Wildman–Crippen LogP) is 4.28. The first-order valence-electron chi connectivity index (χ1n) is 14.5. The average Bonchev–Trinajstić information content (AvgIpc) is 3.67. The van der Waals surface area contributed by atoms with Crippen molar-refractivity contribution in [1.29, 1.82) is 0 Å². The van der Waals surface area contributed by atoms with E-state index in [9.17, 15) is 9.90 Å². The van der Waals surface area contributed by atoms with E-state index in [0.717, 1.165) is 23.7 Å². The third-order valence-corrected chi connectivity index (χ3v) is 17.5. The van der Waals surface area contributed by atoms with Crippen LogP contribution in [0.25, 0.3) is 0 Å². The summed E-state index contributed by atoms with van der Waals surface area (Å²) in [6, 6.07) is 1.60. The summed E-state index contributed by atoms with van der Waals surface area (Å²) in [5, 5.41) is 11.6. The number of fused-ring (bicyclic) bond motifs is 4. The average molecular weight is 548 g/mol. The summed E-state index contributed by atoms with van der Waals surface area (Å²) < 4.78 is 21.4. The van der Waals surface area contributed by atoms with Gasteiger partial charge in [-0.05, 0) is 92.7 Å². The van der Waals surface area contributed by atoms with E-state index in [1.807, 2.05) is 0 Å². The minimum Gasteiger partial charge on any atom is -0.414 e. The van der Waals surface area contributed by atoms with Gasteiger partial charge in [0, 0.05) is 6.20 Å². The Morgan fingerprint density at radius 3 is 2.19 bits per heavy atom. The number of anilines is 1. The third-order valence-electron chi connectivity index (χ3n) is 10.8. The maximum Gasteiger partial charge on any atom is 0.351 e. The van der Waals surface area contributed by atoms with Crippen LogP contribution in [0, 0.1) is 23.7 Å². The van der Waals surface area contributed by atoms with Gasteiger partial charge in [-0.3, -0.25) is 4.57 Å². The van der Waals surface area contributed by atoms with Gasteiger partial charge in [-0.2, -0.15) is 4.98 Å². The molecule has 10 unspecified atom stereocenters. The molecule has 0 aromatic carbocycles. The molecule has 1 aromatic rings. The highest BCUT2D eigenvalue weighted by Gasteiger charge is 2.55. The van der Waals surface area contributed by atoms with Crippen molar-refractivity contribution in [2.24, 2.45) is 23.7 Å². The van der Waals surface area contributed by atoms with Crippen molar-refractivity contribution >= 4 is 22.5 Å². The Morgan fingerprint density at radius 1 is 1.03 bits per heavy atom. The summed E-state index contributed by atoms with van der Waals surface area (Å²) in [5.74, 6) is 3.42. The van der Waals surface area contributed by atoms with Crippen molar-refractivity contribution in [3.8, 4) is 0 Å². The summed E-state index contributed by atoms with van der Waals surface area (Å²) >= 11 is 0. The fraction of sp³-hybridized carbons (Fsp3) is 0.852. The number of ether oxygens (including phenoxy) is 1. The second kappa shape index (κ2) is 9.55. The lowest BCUT2D eigenvalue weighted by Gasteiger charge is -2.39. The zero-order valence-electron chi connectivity index (χ0n) is 22.8. The molecule has 8 nitrogen and oxygen atoms in total. The summed E-state index contributed by atoms with van der Waals surface area (Å²) in [7, 11) is -4.15. The molecule has 1 aromatic heterocycles. The normalized spacial score (nSPS) is 41.2. The van der Waals surface area contributed by atoms with Crippen molar-refractivity contribution in [3.63, 3.8) is 0 Å². The molecule has 0 radical (unpaired) electrons. The standard InChI is InChI=1S/C27H45N3O5Si2/c1-36(2,21-13-16-5-7-18(21)11-16)33-15-20-24(31)25(26(34-20)30-10-9-23(28)29-27(30)32)35-37(3,4)22-14-17-6-8-19(22)12-17/h9-10,16-22,24-26,31H,5-8,11-15H2,1-4H3,(H2,28,29,32). The smallest absolute Gasteiger partial charge is 0.351 e.